The predicted octanol–water partition coefficient (Wildman–Crippen LogP) is -0.518. The van der Waals surface area contributed by atoms with Crippen molar-refractivity contribution in [2.75, 3.05) is 0 Å². The van der Waals surface area contributed by atoms with Crippen molar-refractivity contribution in [2.45, 2.75) is 50.4 Å². The molecule has 0 aliphatic heterocycles. The lowest BCUT2D eigenvalue weighted by Gasteiger charge is -2.39. The number of hydrogen-bond acceptors (Lipinski definition) is 1. The summed E-state index contributed by atoms with van der Waals surface area (Å²) >= 11 is 0. The molecule has 0 aromatic rings. The van der Waals surface area contributed by atoms with Gasteiger partial charge in [0, 0.05) is 0 Å². The van der Waals surface area contributed by atoms with Gasteiger partial charge in [0.2, 0.25) is 0 Å². The zero-order chi connectivity index (χ0) is 9.90. The lowest BCUT2D eigenvalue weighted by atomic mass is 9.52. The summed E-state index contributed by atoms with van der Waals surface area (Å²) in [6.45, 7) is 2.27. The van der Waals surface area contributed by atoms with Gasteiger partial charge in [0.25, 0.3) is 0 Å². The summed E-state index contributed by atoms with van der Waals surface area (Å²) in [5, 5.41) is 0.0559. The predicted molar refractivity (Wildman–Crippen MR) is 65.5 cm³/mol. The quantitative estimate of drug-likeness (QED) is 0.514. The van der Waals surface area contributed by atoms with Crippen LogP contribution in [0.1, 0.15) is 39.0 Å². The second kappa shape index (κ2) is 4.59. The Hall–Kier alpha value is 0.155. The SMILES string of the molecule is BC(B)(B)OC1CC(CCCC)C1. The van der Waals surface area contributed by atoms with Gasteiger partial charge < -0.3 is 4.74 Å². The normalized spacial score (nSPS) is 28.4. The van der Waals surface area contributed by atoms with Crippen LogP contribution in [0, 0.1) is 5.92 Å². The summed E-state index contributed by atoms with van der Waals surface area (Å²) in [5.74, 6) is 0.965. The molecule has 72 valence electrons. The first-order valence-electron chi connectivity index (χ1n) is 5.69. The first kappa shape index (κ1) is 11.2. The molecule has 0 radical (unpaired) electrons. The molecule has 0 saturated heterocycles. The molecule has 0 spiro atoms. The fourth-order valence-electron chi connectivity index (χ4n) is 2.00. The van der Waals surface area contributed by atoms with E-state index in [4.69, 9.17) is 4.74 Å². The highest BCUT2D eigenvalue weighted by Gasteiger charge is 2.31. The van der Waals surface area contributed by atoms with Crippen LogP contribution >= 0.6 is 0 Å². The molecule has 1 nitrogen and oxygen atoms in total. The van der Waals surface area contributed by atoms with Gasteiger partial charge in [-0.1, -0.05) is 26.2 Å². The first-order chi connectivity index (χ1) is 6.01. The maximum atomic E-state index is 5.88. The van der Waals surface area contributed by atoms with E-state index in [1.807, 2.05) is 0 Å². The zero-order valence-corrected chi connectivity index (χ0v) is 9.60. The Balaban J connectivity index is 2.05. The van der Waals surface area contributed by atoms with E-state index in [-0.39, 0.29) is 5.30 Å². The maximum absolute atomic E-state index is 5.88. The summed E-state index contributed by atoms with van der Waals surface area (Å²) in [5.41, 5.74) is 0. The Morgan fingerprint density at radius 2 is 1.92 bits per heavy atom. The minimum atomic E-state index is 0.0559. The van der Waals surface area contributed by atoms with Crippen molar-refractivity contribution >= 4 is 23.5 Å². The second-order valence-corrected chi connectivity index (χ2v) is 5.33. The molecule has 0 N–H and O–H groups in total. The van der Waals surface area contributed by atoms with E-state index in [1.54, 1.807) is 0 Å². The molecule has 0 amide bonds. The molecule has 0 bridgehead atoms. The smallest absolute Gasteiger partial charge is 0.121 e. The number of hydrogen-bond donors (Lipinski definition) is 0. The van der Waals surface area contributed by atoms with Crippen molar-refractivity contribution in [2.24, 2.45) is 5.92 Å². The second-order valence-electron chi connectivity index (χ2n) is 5.33. The Bertz CT molecular complexity index is 149. The Morgan fingerprint density at radius 3 is 2.38 bits per heavy atom. The van der Waals surface area contributed by atoms with Gasteiger partial charge in [-0.2, -0.15) is 0 Å². The zero-order valence-electron chi connectivity index (χ0n) is 9.60. The van der Waals surface area contributed by atoms with Gasteiger partial charge in [-0.15, -0.1) is 0 Å². The van der Waals surface area contributed by atoms with E-state index in [9.17, 15) is 0 Å². The maximum Gasteiger partial charge on any atom is 0.121 e. The highest BCUT2D eigenvalue weighted by Crippen LogP contribution is 2.34. The lowest BCUT2D eigenvalue weighted by molar-refractivity contribution is -0.0384. The Kier molecular flexibility index (Phi) is 3.96. The average Bonchev–Trinajstić information content (AvgIpc) is 1.91. The van der Waals surface area contributed by atoms with Gasteiger partial charge >= 0.3 is 0 Å². The van der Waals surface area contributed by atoms with E-state index in [0.29, 0.717) is 6.10 Å². The fraction of sp³-hybridized carbons (Fsp3) is 1.00. The standard InChI is InChI=1S/C9H21B3O/c1-2-3-4-7-5-8(6-7)13-9(10,11)12/h7-8H,2-6,10-12H2,1H3. The highest BCUT2D eigenvalue weighted by molar-refractivity contribution is 6.58. The van der Waals surface area contributed by atoms with Gasteiger partial charge in [0.1, 0.15) is 23.5 Å². The van der Waals surface area contributed by atoms with Crippen LogP contribution in [0.3, 0.4) is 0 Å². The van der Waals surface area contributed by atoms with Crippen LogP contribution in [0.15, 0.2) is 0 Å². The van der Waals surface area contributed by atoms with E-state index >= 15 is 0 Å². The molecule has 0 unspecified atom stereocenters. The van der Waals surface area contributed by atoms with E-state index in [1.165, 1.54) is 32.1 Å². The number of unbranched alkanes of at least 4 members (excludes halogenated alkanes) is 1. The summed E-state index contributed by atoms with van der Waals surface area (Å²) in [4.78, 5) is 0. The molecule has 1 fully saturated rings. The molecule has 1 saturated carbocycles. The molecule has 0 aromatic heterocycles. The third kappa shape index (κ3) is 4.26. The van der Waals surface area contributed by atoms with E-state index in [0.717, 1.165) is 5.92 Å². The van der Waals surface area contributed by atoms with Crippen molar-refractivity contribution < 1.29 is 4.74 Å². The van der Waals surface area contributed by atoms with Gasteiger partial charge in [-0.05, 0) is 24.1 Å². The van der Waals surface area contributed by atoms with Gasteiger partial charge in [-0.25, -0.2) is 0 Å². The summed E-state index contributed by atoms with van der Waals surface area (Å²) < 4.78 is 5.88. The molecule has 1 aliphatic rings. The van der Waals surface area contributed by atoms with Crippen LogP contribution in [0.2, 0.25) is 0 Å². The van der Waals surface area contributed by atoms with Crippen LogP contribution in [0.25, 0.3) is 0 Å². The lowest BCUT2D eigenvalue weighted by Crippen LogP contribution is -2.43. The Labute approximate surface area is 85.2 Å². The minimum absolute atomic E-state index is 0.0559. The molecule has 13 heavy (non-hydrogen) atoms. The summed E-state index contributed by atoms with van der Waals surface area (Å²) in [6, 6.07) is 0. The average molecular weight is 178 g/mol. The van der Waals surface area contributed by atoms with Crippen LogP contribution < -0.4 is 0 Å². The van der Waals surface area contributed by atoms with Crippen LogP contribution in [0.4, 0.5) is 0 Å². The van der Waals surface area contributed by atoms with Crippen LogP contribution in [-0.2, 0) is 4.74 Å². The molecule has 0 heterocycles. The van der Waals surface area contributed by atoms with Crippen molar-refractivity contribution in [3.63, 3.8) is 0 Å². The van der Waals surface area contributed by atoms with Crippen molar-refractivity contribution in [1.82, 2.24) is 0 Å². The van der Waals surface area contributed by atoms with Crippen molar-refractivity contribution in [3.8, 4) is 0 Å². The largest absolute Gasteiger partial charge is 0.397 e. The molecule has 0 aromatic carbocycles. The van der Waals surface area contributed by atoms with Crippen molar-refractivity contribution in [3.05, 3.63) is 0 Å². The van der Waals surface area contributed by atoms with Gasteiger partial charge in [0.15, 0.2) is 0 Å². The van der Waals surface area contributed by atoms with Gasteiger partial charge in [0.05, 0.1) is 6.10 Å². The van der Waals surface area contributed by atoms with Crippen LogP contribution in [0.5, 0.6) is 0 Å². The molecular weight excluding hydrogens is 157 g/mol. The summed E-state index contributed by atoms with van der Waals surface area (Å²) in [6.07, 6.45) is 7.31. The third-order valence-electron chi connectivity index (χ3n) is 2.68. The van der Waals surface area contributed by atoms with Gasteiger partial charge in [-0.3, -0.25) is 0 Å². The Morgan fingerprint density at radius 1 is 1.31 bits per heavy atom. The van der Waals surface area contributed by atoms with Crippen LogP contribution in [-0.4, -0.2) is 34.9 Å². The monoisotopic (exact) mass is 178 g/mol. The molecule has 1 rings (SSSR count). The first-order valence-corrected chi connectivity index (χ1v) is 5.69. The topological polar surface area (TPSA) is 9.23 Å². The number of ether oxygens (including phenoxy) is 1. The summed E-state index contributed by atoms with van der Waals surface area (Å²) in [7, 11) is 6.44. The highest BCUT2D eigenvalue weighted by atomic mass is 16.5. The minimum Gasteiger partial charge on any atom is -0.397 e. The van der Waals surface area contributed by atoms with Crippen molar-refractivity contribution in [1.29, 1.82) is 0 Å². The molecular formula is C9H21B3O. The van der Waals surface area contributed by atoms with E-state index < -0.39 is 0 Å². The third-order valence-corrected chi connectivity index (χ3v) is 2.68. The van der Waals surface area contributed by atoms with E-state index in [2.05, 4.69) is 30.5 Å². The fourth-order valence-corrected chi connectivity index (χ4v) is 2.00. The molecule has 0 atom stereocenters. The molecule has 4 heteroatoms. The number of rotatable bonds is 5. The molecule has 1 aliphatic carbocycles.